The van der Waals surface area contributed by atoms with Crippen LogP contribution < -0.4 is 16.0 Å². The highest BCUT2D eigenvalue weighted by atomic mass is 32.1. The van der Waals surface area contributed by atoms with Crippen LogP contribution in [0.4, 0.5) is 9.93 Å². The number of aromatic nitrogens is 2. The third-order valence-corrected chi connectivity index (χ3v) is 5.81. The molecule has 0 aliphatic rings. The van der Waals surface area contributed by atoms with Gasteiger partial charge < -0.3 is 20.6 Å². The minimum absolute atomic E-state index is 0.0608. The maximum absolute atomic E-state index is 12.6. The second kappa shape index (κ2) is 13.0. The highest BCUT2D eigenvalue weighted by Crippen LogP contribution is 2.17. The number of hydrogen-bond acceptors (Lipinski definition) is 7. The molecule has 4 amide bonds. The number of carboxylic acid groups (broad SMARTS) is 1. The van der Waals surface area contributed by atoms with E-state index in [9.17, 15) is 19.2 Å². The van der Waals surface area contributed by atoms with Gasteiger partial charge in [0.05, 0.1) is 31.1 Å². The minimum Gasteiger partial charge on any atom is -0.481 e. The van der Waals surface area contributed by atoms with E-state index in [0.717, 1.165) is 5.56 Å². The Balaban J connectivity index is 1.47. The van der Waals surface area contributed by atoms with E-state index < -0.39 is 23.9 Å². The molecule has 0 saturated heterocycles. The van der Waals surface area contributed by atoms with Crippen LogP contribution in [0.2, 0.25) is 0 Å². The lowest BCUT2D eigenvalue weighted by Crippen LogP contribution is -2.40. The van der Waals surface area contributed by atoms with Gasteiger partial charge in [-0.15, -0.1) is 11.3 Å². The van der Waals surface area contributed by atoms with Gasteiger partial charge in [0, 0.05) is 31.4 Å². The third kappa shape index (κ3) is 8.47. The largest absolute Gasteiger partial charge is 0.481 e. The number of amides is 4. The Labute approximate surface area is 211 Å². The average Bonchev–Trinajstić information content (AvgIpc) is 3.29. The zero-order valence-electron chi connectivity index (χ0n) is 19.5. The Morgan fingerprint density at radius 2 is 1.89 bits per heavy atom. The van der Waals surface area contributed by atoms with Crippen molar-refractivity contribution in [2.45, 2.75) is 25.4 Å². The lowest BCUT2D eigenvalue weighted by atomic mass is 10.1. The Hall–Kier alpha value is -4.32. The molecule has 0 radical (unpaired) electrons. The highest BCUT2D eigenvalue weighted by molar-refractivity contribution is 7.13. The first kappa shape index (κ1) is 26.3. The monoisotopic (exact) mass is 510 g/mol. The summed E-state index contributed by atoms with van der Waals surface area (Å²) >= 11 is 1.18. The van der Waals surface area contributed by atoms with Crippen LogP contribution in [0.25, 0.3) is 0 Å². The Bertz CT molecular complexity index is 1190. The molecule has 4 N–H and O–H groups in total. The van der Waals surface area contributed by atoms with Gasteiger partial charge in [0.1, 0.15) is 0 Å². The van der Waals surface area contributed by atoms with E-state index in [0.29, 0.717) is 22.9 Å². The fourth-order valence-electron chi connectivity index (χ4n) is 3.21. The van der Waals surface area contributed by atoms with Crippen LogP contribution in [-0.2, 0) is 27.3 Å². The number of pyridine rings is 1. The second-order valence-corrected chi connectivity index (χ2v) is 8.73. The number of nitrogens with one attached hydrogen (secondary N) is 3. The number of thiazole rings is 1. The van der Waals surface area contributed by atoms with E-state index in [2.05, 4.69) is 25.9 Å². The summed E-state index contributed by atoms with van der Waals surface area (Å²) in [6, 6.07) is 11.6. The first-order valence-electron chi connectivity index (χ1n) is 11.0. The summed E-state index contributed by atoms with van der Waals surface area (Å²) in [5, 5.41) is 19.2. The van der Waals surface area contributed by atoms with Crippen molar-refractivity contribution >= 4 is 40.3 Å². The van der Waals surface area contributed by atoms with Crippen molar-refractivity contribution in [2.24, 2.45) is 0 Å². The average molecular weight is 511 g/mol. The summed E-state index contributed by atoms with van der Waals surface area (Å²) in [7, 11) is 1.47. The number of carboxylic acids is 1. The van der Waals surface area contributed by atoms with Gasteiger partial charge in [0.2, 0.25) is 11.8 Å². The maximum atomic E-state index is 12.6. The smallest absolute Gasteiger partial charge is 0.321 e. The van der Waals surface area contributed by atoms with Gasteiger partial charge >= 0.3 is 12.0 Å². The van der Waals surface area contributed by atoms with E-state index in [4.69, 9.17) is 5.11 Å². The number of hydrogen-bond donors (Lipinski definition) is 4. The molecule has 2 aromatic heterocycles. The molecule has 36 heavy (non-hydrogen) atoms. The van der Waals surface area contributed by atoms with E-state index in [1.165, 1.54) is 29.5 Å². The number of aliphatic carboxylic acids is 1. The summed E-state index contributed by atoms with van der Waals surface area (Å²) in [4.78, 5) is 57.8. The van der Waals surface area contributed by atoms with Crippen molar-refractivity contribution in [3.8, 4) is 0 Å². The second-order valence-electron chi connectivity index (χ2n) is 7.87. The normalized spacial score (nSPS) is 11.2. The van der Waals surface area contributed by atoms with Gasteiger partial charge in [-0.05, 0) is 17.2 Å². The van der Waals surface area contributed by atoms with Gasteiger partial charge in [-0.25, -0.2) is 9.78 Å². The standard InChI is InChI=1S/C24H26N6O5S/c1-30(14-20(31)28-19(11-22(33)34)17-8-5-9-25-13-17)21(32)10-18-15-36-24(27-18)29-23(35)26-12-16-6-3-2-4-7-16/h2-9,13,15,19H,10-12,14H2,1H3,(H,28,31)(H,33,34)(H2,26,27,29,35). The molecule has 0 saturated carbocycles. The van der Waals surface area contributed by atoms with Crippen molar-refractivity contribution in [3.05, 3.63) is 77.1 Å². The molecule has 1 aromatic carbocycles. The van der Waals surface area contributed by atoms with Crippen LogP contribution in [0.15, 0.2) is 60.2 Å². The Morgan fingerprint density at radius 3 is 2.58 bits per heavy atom. The van der Waals surface area contributed by atoms with Crippen LogP contribution in [0.1, 0.15) is 29.3 Å². The molecule has 1 atom stereocenters. The number of anilines is 1. The first-order chi connectivity index (χ1) is 17.3. The summed E-state index contributed by atoms with van der Waals surface area (Å²) in [6.45, 7) is 0.108. The molecule has 12 heteroatoms. The highest BCUT2D eigenvalue weighted by Gasteiger charge is 2.21. The number of urea groups is 1. The quantitative estimate of drug-likeness (QED) is 0.308. The molecule has 0 aliphatic carbocycles. The number of likely N-dealkylation sites (N-methyl/N-ethyl adjacent to an activating group) is 1. The van der Waals surface area contributed by atoms with Crippen LogP contribution in [0.5, 0.6) is 0 Å². The molecule has 188 valence electrons. The number of carbonyl (C=O) groups excluding carboxylic acids is 3. The number of nitrogens with zero attached hydrogens (tertiary/aromatic N) is 3. The summed E-state index contributed by atoms with van der Waals surface area (Å²) in [5.41, 5.74) is 1.96. The molecule has 11 nitrogen and oxygen atoms in total. The predicted molar refractivity (Wildman–Crippen MR) is 133 cm³/mol. The number of carbonyl (C=O) groups is 4. The van der Waals surface area contributed by atoms with Crippen molar-refractivity contribution in [1.82, 2.24) is 25.5 Å². The molecule has 0 bridgehead atoms. The zero-order valence-corrected chi connectivity index (χ0v) is 20.3. The molecule has 0 fully saturated rings. The molecule has 1 unspecified atom stereocenters. The van der Waals surface area contributed by atoms with Gasteiger partial charge in [0.15, 0.2) is 5.13 Å². The fourth-order valence-corrected chi connectivity index (χ4v) is 3.91. The van der Waals surface area contributed by atoms with Gasteiger partial charge in [-0.3, -0.25) is 24.7 Å². The molecular formula is C24H26N6O5S. The van der Waals surface area contributed by atoms with E-state index in [1.807, 2.05) is 30.3 Å². The lowest BCUT2D eigenvalue weighted by Gasteiger charge is -2.20. The summed E-state index contributed by atoms with van der Waals surface area (Å²) in [6.07, 6.45) is 2.65. The topological polar surface area (TPSA) is 154 Å². The first-order valence-corrected chi connectivity index (χ1v) is 11.9. The predicted octanol–water partition coefficient (Wildman–Crippen LogP) is 2.19. The van der Waals surface area contributed by atoms with E-state index in [-0.39, 0.29) is 25.3 Å². The molecule has 2 heterocycles. The Kier molecular flexibility index (Phi) is 9.46. The Morgan fingerprint density at radius 1 is 1.11 bits per heavy atom. The van der Waals surface area contributed by atoms with E-state index in [1.54, 1.807) is 23.7 Å². The summed E-state index contributed by atoms with van der Waals surface area (Å²) < 4.78 is 0. The third-order valence-electron chi connectivity index (χ3n) is 5.01. The SMILES string of the molecule is CN(CC(=O)NC(CC(=O)O)c1cccnc1)C(=O)Cc1csc(NC(=O)NCc2ccccc2)n1. The van der Waals surface area contributed by atoms with Crippen LogP contribution in [-0.4, -0.2) is 57.4 Å². The van der Waals surface area contributed by atoms with Crippen LogP contribution in [0.3, 0.4) is 0 Å². The van der Waals surface area contributed by atoms with Gasteiger partial charge in [-0.1, -0.05) is 36.4 Å². The molecule has 3 aromatic rings. The van der Waals surface area contributed by atoms with Crippen molar-refractivity contribution in [2.75, 3.05) is 18.9 Å². The lowest BCUT2D eigenvalue weighted by molar-refractivity contribution is -0.138. The van der Waals surface area contributed by atoms with Crippen LogP contribution in [0, 0.1) is 0 Å². The summed E-state index contributed by atoms with van der Waals surface area (Å²) in [5.74, 6) is -1.93. The molecule has 3 rings (SSSR count). The molecule has 0 spiro atoms. The molecule has 0 aliphatic heterocycles. The van der Waals surface area contributed by atoms with E-state index >= 15 is 0 Å². The number of rotatable bonds is 11. The minimum atomic E-state index is -1.07. The van der Waals surface area contributed by atoms with Gasteiger partial charge in [0.25, 0.3) is 0 Å². The molecular weight excluding hydrogens is 484 g/mol. The van der Waals surface area contributed by atoms with Crippen molar-refractivity contribution in [1.29, 1.82) is 0 Å². The number of benzene rings is 1. The van der Waals surface area contributed by atoms with Gasteiger partial charge in [-0.2, -0.15) is 0 Å². The maximum Gasteiger partial charge on any atom is 0.321 e. The fraction of sp³-hybridized carbons (Fsp3) is 0.250. The van der Waals surface area contributed by atoms with Crippen molar-refractivity contribution in [3.63, 3.8) is 0 Å². The van der Waals surface area contributed by atoms with Crippen molar-refractivity contribution < 1.29 is 24.3 Å². The zero-order chi connectivity index (χ0) is 25.9. The van der Waals surface area contributed by atoms with Crippen LogP contribution >= 0.6 is 11.3 Å².